The molecule has 1 aromatic rings. The van der Waals surface area contributed by atoms with Crippen molar-refractivity contribution in [2.24, 2.45) is 5.41 Å². The molecule has 0 amide bonds. The average Bonchev–Trinajstić information content (AvgIpc) is 2.50. The summed E-state index contributed by atoms with van der Waals surface area (Å²) < 4.78 is 5.14. The molecule has 0 saturated heterocycles. The van der Waals surface area contributed by atoms with E-state index in [1.54, 1.807) is 20.8 Å². The van der Waals surface area contributed by atoms with Crippen LogP contribution in [0.2, 0.25) is 0 Å². The molecule has 0 radical (unpaired) electrons. The molecule has 0 aromatic carbocycles. The van der Waals surface area contributed by atoms with Gasteiger partial charge in [0.15, 0.2) is 0 Å². The van der Waals surface area contributed by atoms with E-state index in [0.717, 1.165) is 0 Å². The number of carbonyl (C=O) groups excluding carboxylic acids is 2. The fourth-order valence-corrected chi connectivity index (χ4v) is 1.03. The second-order valence-corrected chi connectivity index (χ2v) is 4.74. The standard InChI is InChI=1S/C11H16N2O3/c1-7(14)5-8-6-12-13-9(8)16-10(15)11(2,3)4/h6H,5H2,1-4H3,(H,12,13). The van der Waals surface area contributed by atoms with Crippen LogP contribution in [0.3, 0.4) is 0 Å². The number of hydrogen-bond donors (Lipinski definition) is 1. The minimum Gasteiger partial charge on any atom is -0.407 e. The van der Waals surface area contributed by atoms with Crippen molar-refractivity contribution in [3.05, 3.63) is 11.8 Å². The third-order valence-corrected chi connectivity index (χ3v) is 1.92. The highest BCUT2D eigenvalue weighted by atomic mass is 16.5. The molecule has 1 heterocycles. The summed E-state index contributed by atoms with van der Waals surface area (Å²) in [5.74, 6) is -0.105. The van der Waals surface area contributed by atoms with Crippen molar-refractivity contribution in [3.8, 4) is 5.88 Å². The third kappa shape index (κ3) is 3.18. The number of aromatic amines is 1. The van der Waals surface area contributed by atoms with Crippen molar-refractivity contribution in [1.82, 2.24) is 10.2 Å². The van der Waals surface area contributed by atoms with E-state index in [4.69, 9.17) is 4.74 Å². The third-order valence-electron chi connectivity index (χ3n) is 1.92. The SMILES string of the molecule is CC(=O)Cc1cn[nH]c1OC(=O)C(C)(C)C. The number of aromatic nitrogens is 2. The van der Waals surface area contributed by atoms with Gasteiger partial charge in [-0.2, -0.15) is 5.10 Å². The van der Waals surface area contributed by atoms with Gasteiger partial charge in [0.05, 0.1) is 11.6 Å². The topological polar surface area (TPSA) is 72.1 Å². The lowest BCUT2D eigenvalue weighted by Crippen LogP contribution is -2.26. The summed E-state index contributed by atoms with van der Waals surface area (Å²) in [4.78, 5) is 22.6. The second-order valence-electron chi connectivity index (χ2n) is 4.74. The maximum absolute atomic E-state index is 11.6. The zero-order valence-electron chi connectivity index (χ0n) is 9.96. The largest absolute Gasteiger partial charge is 0.407 e. The Morgan fingerprint density at radius 2 is 2.06 bits per heavy atom. The highest BCUT2D eigenvalue weighted by Crippen LogP contribution is 2.20. The van der Waals surface area contributed by atoms with E-state index in [2.05, 4.69) is 10.2 Å². The Bertz CT molecular complexity index is 402. The fourth-order valence-electron chi connectivity index (χ4n) is 1.03. The first-order valence-electron chi connectivity index (χ1n) is 5.04. The van der Waals surface area contributed by atoms with Crippen LogP contribution in [0.25, 0.3) is 0 Å². The van der Waals surface area contributed by atoms with Gasteiger partial charge in [0.25, 0.3) is 0 Å². The molecule has 0 aliphatic rings. The summed E-state index contributed by atoms with van der Waals surface area (Å²) in [6.07, 6.45) is 1.70. The predicted octanol–water partition coefficient (Wildman–Crippen LogP) is 1.49. The summed E-state index contributed by atoms with van der Waals surface area (Å²) in [6.45, 7) is 6.76. The van der Waals surface area contributed by atoms with Gasteiger partial charge < -0.3 is 4.74 Å². The lowest BCUT2D eigenvalue weighted by molar-refractivity contribution is -0.143. The first-order chi connectivity index (χ1) is 7.30. The van der Waals surface area contributed by atoms with Crippen molar-refractivity contribution >= 4 is 11.8 Å². The number of ether oxygens (including phenoxy) is 1. The van der Waals surface area contributed by atoms with Crippen molar-refractivity contribution < 1.29 is 14.3 Å². The molecule has 0 spiro atoms. The Morgan fingerprint density at radius 1 is 1.44 bits per heavy atom. The molecule has 1 N–H and O–H groups in total. The number of nitrogens with one attached hydrogen (secondary N) is 1. The molecule has 5 heteroatoms. The van der Waals surface area contributed by atoms with Gasteiger partial charge in [0.2, 0.25) is 5.88 Å². The number of ketones is 1. The summed E-state index contributed by atoms with van der Waals surface area (Å²) in [6, 6.07) is 0. The van der Waals surface area contributed by atoms with Crippen LogP contribution in [0.5, 0.6) is 5.88 Å². The molecule has 0 unspecified atom stereocenters. The van der Waals surface area contributed by atoms with Gasteiger partial charge in [-0.25, -0.2) is 5.10 Å². The molecule has 0 aliphatic heterocycles. The van der Waals surface area contributed by atoms with Crippen LogP contribution < -0.4 is 4.74 Å². The zero-order chi connectivity index (χ0) is 12.3. The normalized spacial score (nSPS) is 11.2. The summed E-state index contributed by atoms with van der Waals surface area (Å²) in [5, 5.41) is 6.32. The van der Waals surface area contributed by atoms with E-state index in [9.17, 15) is 9.59 Å². The lowest BCUT2D eigenvalue weighted by atomic mass is 9.97. The van der Waals surface area contributed by atoms with E-state index in [-0.39, 0.29) is 24.1 Å². The van der Waals surface area contributed by atoms with Crippen molar-refractivity contribution in [1.29, 1.82) is 0 Å². The van der Waals surface area contributed by atoms with E-state index in [1.165, 1.54) is 13.1 Å². The quantitative estimate of drug-likeness (QED) is 0.789. The first-order valence-corrected chi connectivity index (χ1v) is 5.04. The molecular formula is C11H16N2O3. The maximum Gasteiger partial charge on any atom is 0.317 e. The van der Waals surface area contributed by atoms with Gasteiger partial charge in [-0.15, -0.1) is 0 Å². The van der Waals surface area contributed by atoms with Crippen molar-refractivity contribution in [2.75, 3.05) is 0 Å². The summed E-state index contributed by atoms with van der Waals surface area (Å²) >= 11 is 0. The molecule has 0 saturated carbocycles. The highest BCUT2D eigenvalue weighted by Gasteiger charge is 2.25. The first kappa shape index (κ1) is 12.4. The van der Waals surface area contributed by atoms with E-state index in [0.29, 0.717) is 5.56 Å². The molecule has 5 nitrogen and oxygen atoms in total. The summed E-state index contributed by atoms with van der Waals surface area (Å²) in [7, 11) is 0. The smallest absolute Gasteiger partial charge is 0.317 e. The molecule has 1 rings (SSSR count). The van der Waals surface area contributed by atoms with Gasteiger partial charge in [-0.05, 0) is 27.7 Å². The predicted molar refractivity (Wildman–Crippen MR) is 58.1 cm³/mol. The number of nitrogens with zero attached hydrogens (tertiary/aromatic N) is 1. The number of esters is 1. The number of carbonyl (C=O) groups is 2. The van der Waals surface area contributed by atoms with Crippen molar-refractivity contribution in [3.63, 3.8) is 0 Å². The number of rotatable bonds is 3. The fraction of sp³-hybridized carbons (Fsp3) is 0.545. The Balaban J connectivity index is 2.78. The Hall–Kier alpha value is -1.65. The van der Waals surface area contributed by atoms with Crippen LogP contribution in [0.1, 0.15) is 33.3 Å². The molecule has 0 bridgehead atoms. The maximum atomic E-state index is 11.6. The molecule has 0 aliphatic carbocycles. The van der Waals surface area contributed by atoms with Crippen LogP contribution in [0.15, 0.2) is 6.20 Å². The molecule has 0 fully saturated rings. The molecule has 1 aromatic heterocycles. The van der Waals surface area contributed by atoms with Crippen LogP contribution in [-0.4, -0.2) is 21.9 Å². The van der Waals surface area contributed by atoms with E-state index < -0.39 is 5.41 Å². The lowest BCUT2D eigenvalue weighted by Gasteiger charge is -2.15. The van der Waals surface area contributed by atoms with Crippen LogP contribution in [-0.2, 0) is 16.0 Å². The monoisotopic (exact) mass is 224 g/mol. The minimum atomic E-state index is -0.585. The second kappa shape index (κ2) is 4.47. The molecule has 88 valence electrons. The Morgan fingerprint density at radius 3 is 2.56 bits per heavy atom. The average molecular weight is 224 g/mol. The Labute approximate surface area is 94.2 Å². The molecule has 16 heavy (non-hydrogen) atoms. The molecular weight excluding hydrogens is 208 g/mol. The Kier molecular flexibility index (Phi) is 3.47. The number of H-pyrrole nitrogens is 1. The zero-order valence-corrected chi connectivity index (χ0v) is 9.96. The molecule has 0 atom stereocenters. The van der Waals surface area contributed by atoms with Crippen LogP contribution in [0.4, 0.5) is 0 Å². The highest BCUT2D eigenvalue weighted by molar-refractivity contribution is 5.80. The van der Waals surface area contributed by atoms with Gasteiger partial charge in [-0.1, -0.05) is 0 Å². The van der Waals surface area contributed by atoms with Gasteiger partial charge in [0.1, 0.15) is 5.78 Å². The number of Topliss-reactive ketones (excluding diaryl/α,β-unsaturated/α-hetero) is 1. The van der Waals surface area contributed by atoms with E-state index >= 15 is 0 Å². The van der Waals surface area contributed by atoms with Gasteiger partial charge >= 0.3 is 5.97 Å². The van der Waals surface area contributed by atoms with Crippen LogP contribution in [0, 0.1) is 5.41 Å². The van der Waals surface area contributed by atoms with Crippen molar-refractivity contribution in [2.45, 2.75) is 34.1 Å². The van der Waals surface area contributed by atoms with Gasteiger partial charge in [0, 0.05) is 12.0 Å². The van der Waals surface area contributed by atoms with Gasteiger partial charge in [-0.3, -0.25) is 9.59 Å². The minimum absolute atomic E-state index is 0.00513. The van der Waals surface area contributed by atoms with E-state index in [1.807, 2.05) is 0 Å². The van der Waals surface area contributed by atoms with Crippen LogP contribution >= 0.6 is 0 Å². The number of hydrogen-bond acceptors (Lipinski definition) is 4. The summed E-state index contributed by atoms with van der Waals surface area (Å²) in [5.41, 5.74) is 0.0172.